The molecule has 0 aliphatic rings. The van der Waals surface area contributed by atoms with Gasteiger partial charge in [0.15, 0.2) is 0 Å². The molecule has 1 rings (SSSR count). The second-order valence-corrected chi connectivity index (χ2v) is 5.14. The van der Waals surface area contributed by atoms with Gasteiger partial charge in [0.2, 0.25) is 17.8 Å². The molecule has 0 aromatic carbocycles. The van der Waals surface area contributed by atoms with Crippen LogP contribution in [-0.2, 0) is 0 Å². The quantitative estimate of drug-likeness (QED) is 0.420. The van der Waals surface area contributed by atoms with E-state index < -0.39 is 69.5 Å². The van der Waals surface area contributed by atoms with Crippen molar-refractivity contribution >= 4 is 17.8 Å². The summed E-state index contributed by atoms with van der Waals surface area (Å²) >= 11 is 0. The van der Waals surface area contributed by atoms with Gasteiger partial charge in [-0.05, 0) is 0 Å². The Hall–Kier alpha value is -2.30. The van der Waals surface area contributed by atoms with Crippen molar-refractivity contribution in [1.29, 1.82) is 0 Å². The highest BCUT2D eigenvalue weighted by atomic mass is 19.4. The predicted molar refractivity (Wildman–Crippen MR) is 75.3 cm³/mol. The molecule has 0 radical (unpaired) electrons. The normalized spacial score (nSPS) is 12.8. The van der Waals surface area contributed by atoms with Crippen molar-refractivity contribution < 1.29 is 49.7 Å². The zero-order chi connectivity index (χ0) is 21.8. The van der Waals surface area contributed by atoms with Gasteiger partial charge in [-0.25, -0.2) is 0 Å². The molecule has 3 N–H and O–H groups in total. The second-order valence-electron chi connectivity index (χ2n) is 5.14. The number of nitrogens with one attached hydrogen (secondary N) is 1. The van der Waals surface area contributed by atoms with Crippen LogP contribution in [0.1, 0.15) is 0 Å². The largest absolute Gasteiger partial charge is 0.406 e. The van der Waals surface area contributed by atoms with E-state index in [1.54, 1.807) is 5.32 Å². The van der Waals surface area contributed by atoms with Gasteiger partial charge in [-0.15, -0.1) is 0 Å². The summed E-state index contributed by atoms with van der Waals surface area (Å²) in [4.78, 5) is 9.84. The first-order valence-electron chi connectivity index (χ1n) is 7.05. The van der Waals surface area contributed by atoms with Gasteiger partial charge in [0.25, 0.3) is 0 Å². The number of alkyl halides is 9. The van der Waals surface area contributed by atoms with Crippen LogP contribution in [0.4, 0.5) is 57.4 Å². The molecule has 1 heterocycles. The predicted octanol–water partition coefficient (Wildman–Crippen LogP) is 1.48. The lowest BCUT2D eigenvalue weighted by Gasteiger charge is -2.25. The van der Waals surface area contributed by atoms with Crippen molar-refractivity contribution in [2.75, 3.05) is 48.2 Å². The molecule has 1 aromatic heterocycles. The van der Waals surface area contributed by atoms with Crippen LogP contribution in [-0.4, -0.2) is 76.8 Å². The zero-order valence-electron chi connectivity index (χ0n) is 13.6. The van der Waals surface area contributed by atoms with Gasteiger partial charge in [0, 0.05) is 0 Å². The minimum Gasteiger partial charge on any atom is -0.376 e. The molecule has 8 nitrogen and oxygen atoms in total. The number of aromatic nitrogens is 3. The highest BCUT2D eigenvalue weighted by Gasteiger charge is 2.35. The number of anilines is 3. The summed E-state index contributed by atoms with van der Waals surface area (Å²) in [6.45, 7) is -8.19. The molecule has 162 valence electrons. The third-order valence-electron chi connectivity index (χ3n) is 2.71. The highest BCUT2D eigenvalue weighted by Crippen LogP contribution is 2.24. The van der Waals surface area contributed by atoms with Crippen molar-refractivity contribution in [1.82, 2.24) is 15.0 Å². The summed E-state index contributed by atoms with van der Waals surface area (Å²) < 4.78 is 112. The van der Waals surface area contributed by atoms with Gasteiger partial charge in [-0.3, -0.25) is 0 Å². The molecule has 17 heteroatoms. The molecule has 0 saturated carbocycles. The van der Waals surface area contributed by atoms with E-state index in [1.807, 2.05) is 0 Å². The van der Waals surface area contributed by atoms with E-state index in [2.05, 4.69) is 15.0 Å². The maximum absolute atomic E-state index is 12.5. The van der Waals surface area contributed by atoms with Gasteiger partial charge in [0.05, 0.1) is 0 Å². The highest BCUT2D eigenvalue weighted by molar-refractivity contribution is 5.45. The van der Waals surface area contributed by atoms with E-state index >= 15 is 0 Å². The van der Waals surface area contributed by atoms with Gasteiger partial charge >= 0.3 is 18.5 Å². The average Bonchev–Trinajstić information content (AvgIpc) is 2.53. The summed E-state index contributed by atoms with van der Waals surface area (Å²) in [5, 5.41) is 19.7. The molecule has 0 fully saturated rings. The maximum Gasteiger partial charge on any atom is 0.406 e. The number of aliphatic hydroxyl groups is 2. The van der Waals surface area contributed by atoms with Crippen LogP contribution >= 0.6 is 0 Å². The molecular weight excluding hydrogens is 419 g/mol. The van der Waals surface area contributed by atoms with Crippen molar-refractivity contribution in [2.24, 2.45) is 0 Å². The average molecular weight is 432 g/mol. The summed E-state index contributed by atoms with van der Waals surface area (Å²) in [7, 11) is 0. The number of hydrogen-bond acceptors (Lipinski definition) is 8. The molecule has 0 bridgehead atoms. The van der Waals surface area contributed by atoms with E-state index in [1.165, 1.54) is 0 Å². The van der Waals surface area contributed by atoms with Crippen LogP contribution in [0.15, 0.2) is 0 Å². The Morgan fingerprint density at radius 1 is 0.679 bits per heavy atom. The second kappa shape index (κ2) is 8.80. The molecule has 0 spiro atoms. The summed E-state index contributed by atoms with van der Waals surface area (Å²) in [5.74, 6) is -3.14. The number of halogens is 9. The fourth-order valence-corrected chi connectivity index (χ4v) is 1.70. The van der Waals surface area contributed by atoms with E-state index in [0.29, 0.717) is 0 Å². The Bertz CT molecular complexity index is 594. The summed E-state index contributed by atoms with van der Waals surface area (Å²) in [5.41, 5.74) is 0. The lowest BCUT2D eigenvalue weighted by Crippen LogP contribution is -2.39. The first-order valence-corrected chi connectivity index (χ1v) is 7.05. The molecule has 0 aliphatic carbocycles. The minimum atomic E-state index is -4.91. The van der Waals surface area contributed by atoms with Crippen LogP contribution < -0.4 is 15.1 Å². The summed E-state index contributed by atoms with van der Waals surface area (Å²) in [6.07, 6.45) is -14.6. The van der Waals surface area contributed by atoms with E-state index in [-0.39, 0.29) is 9.80 Å². The van der Waals surface area contributed by atoms with E-state index in [0.717, 1.165) is 0 Å². The monoisotopic (exact) mass is 432 g/mol. The van der Waals surface area contributed by atoms with Crippen LogP contribution in [0.25, 0.3) is 0 Å². The molecule has 0 unspecified atom stereocenters. The molecule has 0 aliphatic heterocycles. The Morgan fingerprint density at radius 2 is 1.07 bits per heavy atom. The number of aliphatic hydroxyl groups excluding tert-OH is 2. The van der Waals surface area contributed by atoms with Gasteiger partial charge in [-0.2, -0.15) is 54.5 Å². The molecule has 1 aromatic rings. The first-order chi connectivity index (χ1) is 12.6. The Kier molecular flexibility index (Phi) is 7.46. The van der Waals surface area contributed by atoms with Gasteiger partial charge in [-0.1, -0.05) is 0 Å². The van der Waals surface area contributed by atoms with E-state index in [9.17, 15) is 39.5 Å². The molecular formula is C11H13F9N6O2. The minimum absolute atomic E-state index is 0.0348. The number of rotatable bonds is 8. The van der Waals surface area contributed by atoms with Crippen LogP contribution in [0, 0.1) is 0 Å². The van der Waals surface area contributed by atoms with Crippen molar-refractivity contribution in [3.05, 3.63) is 0 Å². The smallest absolute Gasteiger partial charge is 0.376 e. The SMILES string of the molecule is OCN(CC(F)(F)F)c1nc(NCC(F)(F)F)nc(N(CO)CC(F)(F)F)n1. The molecule has 28 heavy (non-hydrogen) atoms. The van der Waals surface area contributed by atoms with E-state index in [4.69, 9.17) is 10.2 Å². The molecule has 0 saturated heterocycles. The standard InChI is InChI=1S/C11H13F9N6O2/c12-9(13,14)1-21-6-22-7(25(4-27)2-10(15,16)17)24-8(23-6)26(5-28)3-11(18,19)20/h27-28H,1-5H2,(H,21,22,23,24). The lowest BCUT2D eigenvalue weighted by molar-refractivity contribution is -0.122. The first kappa shape index (κ1) is 23.7. The van der Waals surface area contributed by atoms with Crippen LogP contribution in [0.3, 0.4) is 0 Å². The van der Waals surface area contributed by atoms with Crippen LogP contribution in [0.2, 0.25) is 0 Å². The topological polar surface area (TPSA) is 97.6 Å². The maximum atomic E-state index is 12.5. The van der Waals surface area contributed by atoms with Gasteiger partial charge < -0.3 is 25.3 Å². The molecule has 0 amide bonds. The number of hydrogen-bond donors (Lipinski definition) is 3. The van der Waals surface area contributed by atoms with Crippen molar-refractivity contribution in [2.45, 2.75) is 18.5 Å². The van der Waals surface area contributed by atoms with Crippen molar-refractivity contribution in [3.63, 3.8) is 0 Å². The van der Waals surface area contributed by atoms with Gasteiger partial charge in [0.1, 0.15) is 33.1 Å². The Labute approximate surface area is 150 Å². The lowest BCUT2D eigenvalue weighted by atomic mass is 10.5. The summed E-state index contributed by atoms with van der Waals surface area (Å²) in [6, 6.07) is 0. The fraction of sp³-hybridized carbons (Fsp3) is 0.727. The fourth-order valence-electron chi connectivity index (χ4n) is 1.70. The zero-order valence-corrected chi connectivity index (χ0v) is 13.6. The number of nitrogens with zero attached hydrogens (tertiary/aromatic N) is 5. The van der Waals surface area contributed by atoms with Crippen molar-refractivity contribution in [3.8, 4) is 0 Å². The third-order valence-corrected chi connectivity index (χ3v) is 2.71. The van der Waals surface area contributed by atoms with Crippen LogP contribution in [0.5, 0.6) is 0 Å². The Balaban J connectivity index is 3.33. The molecule has 0 atom stereocenters. The Morgan fingerprint density at radius 3 is 1.36 bits per heavy atom. The third kappa shape index (κ3) is 8.59.